The molecule has 2 rings (SSSR count). The van der Waals surface area contributed by atoms with Crippen molar-refractivity contribution in [3.05, 3.63) is 62.9 Å². The summed E-state index contributed by atoms with van der Waals surface area (Å²) in [7, 11) is 1.67. The Bertz CT molecular complexity index is 689. The van der Waals surface area contributed by atoms with Gasteiger partial charge in [0.25, 0.3) is 5.69 Å². The summed E-state index contributed by atoms with van der Waals surface area (Å²) >= 11 is 5.86. The van der Waals surface area contributed by atoms with Crippen molar-refractivity contribution in [3.8, 4) is 0 Å². The maximum atomic E-state index is 11.9. The minimum atomic E-state index is -0.480. The number of carbonyl (C=O) groups is 1. The van der Waals surface area contributed by atoms with Crippen molar-refractivity contribution in [2.24, 2.45) is 7.05 Å². The number of hydrogen-bond donors (Lipinski definition) is 0. The molecule has 0 unspecified atom stereocenters. The number of allylic oxidation sites excluding steroid dienone is 1. The molecule has 102 valence electrons. The van der Waals surface area contributed by atoms with E-state index in [-0.39, 0.29) is 22.2 Å². The molecule has 7 heteroatoms. The fraction of sp³-hybridized carbons (Fsp3) is 0.0769. The first-order chi connectivity index (χ1) is 9.47. The highest BCUT2D eigenvalue weighted by Crippen LogP contribution is 2.16. The van der Waals surface area contributed by atoms with Crippen LogP contribution in [-0.4, -0.2) is 20.5 Å². The second kappa shape index (κ2) is 5.66. The first-order valence-electron chi connectivity index (χ1n) is 5.63. The van der Waals surface area contributed by atoms with E-state index in [1.807, 2.05) is 0 Å². The van der Waals surface area contributed by atoms with Crippen LogP contribution in [0.25, 0.3) is 6.08 Å². The zero-order valence-corrected chi connectivity index (χ0v) is 11.2. The van der Waals surface area contributed by atoms with Crippen LogP contribution in [0.4, 0.5) is 5.69 Å². The highest BCUT2D eigenvalue weighted by molar-refractivity contribution is 6.34. The number of nitro benzene ring substituents is 1. The van der Waals surface area contributed by atoms with Crippen molar-refractivity contribution in [2.75, 3.05) is 0 Å². The van der Waals surface area contributed by atoms with Gasteiger partial charge in [0.2, 0.25) is 5.78 Å². The highest BCUT2D eigenvalue weighted by Gasteiger charge is 2.11. The van der Waals surface area contributed by atoms with E-state index in [0.29, 0.717) is 5.56 Å². The van der Waals surface area contributed by atoms with Gasteiger partial charge >= 0.3 is 0 Å². The summed E-state index contributed by atoms with van der Waals surface area (Å²) in [6.45, 7) is 0. The fourth-order valence-electron chi connectivity index (χ4n) is 1.58. The van der Waals surface area contributed by atoms with E-state index in [2.05, 4.69) is 5.10 Å². The summed E-state index contributed by atoms with van der Waals surface area (Å²) in [6, 6.07) is 5.86. The number of halogens is 1. The monoisotopic (exact) mass is 291 g/mol. The lowest BCUT2D eigenvalue weighted by atomic mass is 10.1. The van der Waals surface area contributed by atoms with Crippen molar-refractivity contribution >= 4 is 29.1 Å². The number of aromatic nitrogens is 2. The molecule has 0 radical (unpaired) electrons. The number of nitrogens with zero attached hydrogens (tertiary/aromatic N) is 3. The Hall–Kier alpha value is -2.47. The minimum Gasteiger partial charge on any atom is -0.287 e. The van der Waals surface area contributed by atoms with Gasteiger partial charge in [-0.1, -0.05) is 17.7 Å². The molecule has 0 amide bonds. The molecule has 1 heterocycles. The largest absolute Gasteiger partial charge is 0.287 e. The molecule has 0 saturated carbocycles. The highest BCUT2D eigenvalue weighted by atomic mass is 35.5. The zero-order valence-electron chi connectivity index (χ0n) is 10.5. The molecule has 0 spiro atoms. The average Bonchev–Trinajstić information content (AvgIpc) is 2.75. The standard InChI is InChI=1S/C13H10ClN3O3/c1-16-8-11(14)13(15-16)12(18)7-4-9-2-5-10(6-3-9)17(19)20/h2-8H,1H3/b7-4+. The number of carbonyl (C=O) groups excluding carboxylic acids is 1. The van der Waals surface area contributed by atoms with Crippen LogP contribution in [-0.2, 0) is 7.05 Å². The van der Waals surface area contributed by atoms with Gasteiger partial charge in [0.1, 0.15) is 0 Å². The molecule has 0 saturated heterocycles. The summed E-state index contributed by atoms with van der Waals surface area (Å²) in [4.78, 5) is 21.9. The normalized spacial score (nSPS) is 10.9. The summed E-state index contributed by atoms with van der Waals surface area (Å²) < 4.78 is 1.45. The van der Waals surface area contributed by atoms with Crippen LogP contribution in [0.1, 0.15) is 16.1 Å². The third-order valence-electron chi connectivity index (χ3n) is 2.55. The molecule has 1 aromatic carbocycles. The molecule has 0 atom stereocenters. The van der Waals surface area contributed by atoms with Crippen molar-refractivity contribution < 1.29 is 9.72 Å². The Kier molecular flexibility index (Phi) is 3.95. The SMILES string of the molecule is Cn1cc(Cl)c(C(=O)/C=C/c2ccc([N+](=O)[O-])cc2)n1. The lowest BCUT2D eigenvalue weighted by Gasteiger charge is -1.94. The lowest BCUT2D eigenvalue weighted by Crippen LogP contribution is -1.98. The van der Waals surface area contributed by atoms with E-state index in [1.165, 1.54) is 29.1 Å². The topological polar surface area (TPSA) is 78.0 Å². The Morgan fingerprint density at radius 2 is 2.05 bits per heavy atom. The Morgan fingerprint density at radius 1 is 1.40 bits per heavy atom. The number of hydrogen-bond acceptors (Lipinski definition) is 4. The average molecular weight is 292 g/mol. The van der Waals surface area contributed by atoms with Crippen molar-refractivity contribution in [2.45, 2.75) is 0 Å². The van der Waals surface area contributed by atoms with Gasteiger partial charge in [-0.05, 0) is 23.8 Å². The van der Waals surface area contributed by atoms with E-state index < -0.39 is 4.92 Å². The Balaban J connectivity index is 2.15. The molecule has 20 heavy (non-hydrogen) atoms. The van der Waals surface area contributed by atoms with Crippen LogP contribution in [0.5, 0.6) is 0 Å². The zero-order chi connectivity index (χ0) is 14.7. The van der Waals surface area contributed by atoms with E-state index in [4.69, 9.17) is 11.6 Å². The first-order valence-corrected chi connectivity index (χ1v) is 6.01. The molecule has 0 aliphatic carbocycles. The molecule has 0 fully saturated rings. The number of benzene rings is 1. The molecule has 1 aromatic heterocycles. The summed E-state index contributed by atoms with van der Waals surface area (Å²) in [6.07, 6.45) is 4.42. The van der Waals surface area contributed by atoms with Crippen LogP contribution in [0, 0.1) is 10.1 Å². The van der Waals surface area contributed by atoms with Crippen LogP contribution in [0.15, 0.2) is 36.5 Å². The molecule has 0 N–H and O–H groups in total. The number of ketones is 1. The molecule has 6 nitrogen and oxygen atoms in total. The van der Waals surface area contributed by atoms with Gasteiger partial charge < -0.3 is 0 Å². The quantitative estimate of drug-likeness (QED) is 0.375. The van der Waals surface area contributed by atoms with Gasteiger partial charge in [-0.25, -0.2) is 0 Å². The number of rotatable bonds is 4. The first kappa shape index (κ1) is 14.0. The number of aryl methyl sites for hydroxylation is 1. The van der Waals surface area contributed by atoms with Crippen LogP contribution < -0.4 is 0 Å². The van der Waals surface area contributed by atoms with Gasteiger partial charge in [-0.2, -0.15) is 5.10 Å². The van der Waals surface area contributed by atoms with Crippen molar-refractivity contribution in [1.29, 1.82) is 0 Å². The van der Waals surface area contributed by atoms with Gasteiger partial charge in [0.15, 0.2) is 5.69 Å². The Labute approximate surface area is 119 Å². The van der Waals surface area contributed by atoms with Crippen LogP contribution in [0.2, 0.25) is 5.02 Å². The van der Waals surface area contributed by atoms with E-state index in [9.17, 15) is 14.9 Å². The van der Waals surface area contributed by atoms with Gasteiger partial charge in [0.05, 0.1) is 9.95 Å². The third kappa shape index (κ3) is 3.10. The smallest absolute Gasteiger partial charge is 0.269 e. The van der Waals surface area contributed by atoms with Crippen molar-refractivity contribution in [1.82, 2.24) is 9.78 Å². The predicted octanol–water partition coefficient (Wildman–Crippen LogP) is 2.88. The second-order valence-electron chi connectivity index (χ2n) is 4.05. The molecule has 0 aliphatic rings. The van der Waals surface area contributed by atoms with Gasteiger partial charge in [-0.3, -0.25) is 19.6 Å². The third-order valence-corrected chi connectivity index (χ3v) is 2.83. The molecule has 0 bridgehead atoms. The van der Waals surface area contributed by atoms with E-state index >= 15 is 0 Å². The lowest BCUT2D eigenvalue weighted by molar-refractivity contribution is -0.384. The van der Waals surface area contributed by atoms with Crippen molar-refractivity contribution in [3.63, 3.8) is 0 Å². The Morgan fingerprint density at radius 3 is 2.55 bits per heavy atom. The summed E-state index contributed by atoms with van der Waals surface area (Å²) in [5, 5.41) is 14.7. The summed E-state index contributed by atoms with van der Waals surface area (Å²) in [5.41, 5.74) is 0.851. The van der Waals surface area contributed by atoms with Crippen LogP contribution >= 0.6 is 11.6 Å². The molecular formula is C13H10ClN3O3. The number of nitro groups is 1. The number of non-ortho nitro benzene ring substituents is 1. The van der Waals surface area contributed by atoms with Gasteiger partial charge in [0, 0.05) is 25.4 Å². The molecule has 2 aromatic rings. The predicted molar refractivity (Wildman–Crippen MR) is 74.7 cm³/mol. The molecular weight excluding hydrogens is 282 g/mol. The van der Waals surface area contributed by atoms with Gasteiger partial charge in [-0.15, -0.1) is 0 Å². The maximum absolute atomic E-state index is 11.9. The minimum absolute atomic E-state index is 0.00115. The fourth-order valence-corrected chi connectivity index (χ4v) is 1.86. The summed E-state index contributed by atoms with van der Waals surface area (Å²) in [5.74, 6) is -0.325. The molecule has 0 aliphatic heterocycles. The maximum Gasteiger partial charge on any atom is 0.269 e. The van der Waals surface area contributed by atoms with E-state index in [0.717, 1.165) is 0 Å². The second-order valence-corrected chi connectivity index (χ2v) is 4.45. The van der Waals surface area contributed by atoms with Crippen LogP contribution in [0.3, 0.4) is 0 Å². The van der Waals surface area contributed by atoms with E-state index in [1.54, 1.807) is 25.3 Å².